The van der Waals surface area contributed by atoms with Gasteiger partial charge in [-0.3, -0.25) is 14.6 Å². The average molecular weight is 375 g/mol. The topological polar surface area (TPSA) is 87.7 Å². The number of aromatic nitrogens is 3. The van der Waals surface area contributed by atoms with Gasteiger partial charge < -0.3 is 5.32 Å². The number of H-pyrrole nitrogens is 1. The van der Waals surface area contributed by atoms with E-state index in [2.05, 4.69) is 20.5 Å². The number of benzene rings is 1. The van der Waals surface area contributed by atoms with Crippen molar-refractivity contribution in [2.75, 3.05) is 0 Å². The number of carbonyl (C=O) groups excluding carboxylic acids is 1. The first-order valence-electron chi connectivity index (χ1n) is 7.28. The van der Waals surface area contributed by atoms with Gasteiger partial charge in [-0.15, -0.1) is 0 Å². The van der Waals surface area contributed by atoms with E-state index in [-0.39, 0.29) is 12.1 Å². The summed E-state index contributed by atoms with van der Waals surface area (Å²) in [5.74, 6) is -0.535. The summed E-state index contributed by atoms with van der Waals surface area (Å²) in [6.07, 6.45) is 1.60. The van der Waals surface area contributed by atoms with Crippen molar-refractivity contribution in [1.82, 2.24) is 20.5 Å². The maximum Gasteiger partial charge on any atom is 0.277 e. The number of amides is 1. The number of nitrogens with zero attached hydrogens (tertiary/aromatic N) is 2. The Morgan fingerprint density at radius 3 is 2.68 bits per heavy atom. The van der Waals surface area contributed by atoms with E-state index in [0.29, 0.717) is 27.0 Å². The quantitative estimate of drug-likeness (QED) is 0.734. The minimum absolute atomic E-state index is 0.0549. The van der Waals surface area contributed by atoms with Crippen LogP contribution in [0.1, 0.15) is 15.9 Å². The second kappa shape index (κ2) is 7.46. The fourth-order valence-corrected chi connectivity index (χ4v) is 2.63. The van der Waals surface area contributed by atoms with E-state index < -0.39 is 11.5 Å². The van der Waals surface area contributed by atoms with Crippen molar-refractivity contribution in [3.05, 3.63) is 80.2 Å². The molecule has 2 aromatic heterocycles. The Morgan fingerprint density at radius 1 is 1.12 bits per heavy atom. The minimum Gasteiger partial charge on any atom is -0.348 e. The number of hydrogen-bond acceptors (Lipinski definition) is 4. The zero-order valence-electron chi connectivity index (χ0n) is 12.8. The molecule has 8 heteroatoms. The first kappa shape index (κ1) is 17.1. The van der Waals surface area contributed by atoms with Gasteiger partial charge in [0, 0.05) is 22.8 Å². The molecule has 0 unspecified atom stereocenters. The van der Waals surface area contributed by atoms with Gasteiger partial charge in [0.05, 0.1) is 5.69 Å². The minimum atomic E-state index is -0.584. The van der Waals surface area contributed by atoms with Crippen molar-refractivity contribution in [1.29, 1.82) is 0 Å². The van der Waals surface area contributed by atoms with Crippen molar-refractivity contribution in [3.8, 4) is 11.4 Å². The first-order valence-corrected chi connectivity index (χ1v) is 8.03. The molecule has 0 aliphatic carbocycles. The Labute approximate surface area is 152 Å². The van der Waals surface area contributed by atoms with E-state index in [1.807, 2.05) is 0 Å². The highest BCUT2D eigenvalue weighted by atomic mass is 35.5. The fraction of sp³-hybridized carbons (Fsp3) is 0.0588. The summed E-state index contributed by atoms with van der Waals surface area (Å²) in [5, 5.41) is 9.83. The molecule has 0 aliphatic heterocycles. The highest BCUT2D eigenvalue weighted by Crippen LogP contribution is 2.20. The summed E-state index contributed by atoms with van der Waals surface area (Å²) in [6.45, 7) is 0.162. The Balaban J connectivity index is 1.81. The SMILES string of the molecule is O=C(NCc1ccc(Cl)cc1Cl)c1cc(-c2ccccn2)n[nH]c1=O. The van der Waals surface area contributed by atoms with E-state index in [4.69, 9.17) is 23.2 Å². The molecule has 1 amide bonds. The molecular weight excluding hydrogens is 363 g/mol. The molecule has 2 N–H and O–H groups in total. The maximum atomic E-state index is 12.4. The smallest absolute Gasteiger partial charge is 0.277 e. The molecule has 0 radical (unpaired) electrons. The third-order valence-corrected chi connectivity index (χ3v) is 4.02. The van der Waals surface area contributed by atoms with Crippen LogP contribution in [0.2, 0.25) is 10.0 Å². The van der Waals surface area contributed by atoms with Crippen LogP contribution in [0.3, 0.4) is 0 Å². The van der Waals surface area contributed by atoms with Crippen LogP contribution in [0.25, 0.3) is 11.4 Å². The number of carbonyl (C=O) groups is 1. The standard InChI is InChI=1S/C17H12Cl2N4O2/c18-11-5-4-10(13(19)7-11)9-21-16(24)12-8-15(22-23-17(12)25)14-3-1-2-6-20-14/h1-8H,9H2,(H,21,24)(H,23,25). The molecule has 126 valence electrons. The molecule has 0 spiro atoms. The van der Waals surface area contributed by atoms with E-state index in [1.165, 1.54) is 6.07 Å². The fourth-order valence-electron chi connectivity index (χ4n) is 2.16. The van der Waals surface area contributed by atoms with Gasteiger partial charge in [-0.05, 0) is 35.9 Å². The van der Waals surface area contributed by atoms with Gasteiger partial charge in [-0.25, -0.2) is 5.10 Å². The summed E-state index contributed by atoms with van der Waals surface area (Å²) in [5.41, 5.74) is 0.999. The van der Waals surface area contributed by atoms with Crippen LogP contribution in [0.4, 0.5) is 0 Å². The highest BCUT2D eigenvalue weighted by molar-refractivity contribution is 6.35. The van der Waals surface area contributed by atoms with Crippen molar-refractivity contribution >= 4 is 29.1 Å². The molecule has 0 fully saturated rings. The van der Waals surface area contributed by atoms with Gasteiger partial charge in [0.2, 0.25) is 0 Å². The summed E-state index contributed by atoms with van der Waals surface area (Å²) in [6, 6.07) is 11.7. The molecule has 3 rings (SSSR count). The lowest BCUT2D eigenvalue weighted by Gasteiger charge is -2.08. The van der Waals surface area contributed by atoms with Gasteiger partial charge in [-0.2, -0.15) is 5.10 Å². The van der Waals surface area contributed by atoms with Crippen LogP contribution in [-0.4, -0.2) is 21.1 Å². The van der Waals surface area contributed by atoms with Crippen LogP contribution >= 0.6 is 23.2 Å². The molecule has 0 saturated carbocycles. The van der Waals surface area contributed by atoms with E-state index >= 15 is 0 Å². The summed E-state index contributed by atoms with van der Waals surface area (Å²) in [7, 11) is 0. The molecule has 25 heavy (non-hydrogen) atoms. The summed E-state index contributed by atoms with van der Waals surface area (Å²) >= 11 is 11.9. The second-order valence-corrected chi connectivity index (χ2v) is 5.97. The third kappa shape index (κ3) is 4.04. The van der Waals surface area contributed by atoms with Crippen molar-refractivity contribution in [3.63, 3.8) is 0 Å². The molecule has 2 heterocycles. The van der Waals surface area contributed by atoms with Gasteiger partial charge in [0.25, 0.3) is 11.5 Å². The molecule has 3 aromatic rings. The Hall–Kier alpha value is -2.70. The molecule has 0 saturated heterocycles. The molecular formula is C17H12Cl2N4O2. The van der Waals surface area contributed by atoms with Gasteiger partial charge in [-0.1, -0.05) is 35.3 Å². The molecule has 1 aromatic carbocycles. The number of rotatable bonds is 4. The number of nitrogens with one attached hydrogen (secondary N) is 2. The maximum absolute atomic E-state index is 12.4. The number of halogens is 2. The van der Waals surface area contributed by atoms with Crippen molar-refractivity contribution in [2.45, 2.75) is 6.54 Å². The molecule has 6 nitrogen and oxygen atoms in total. The third-order valence-electron chi connectivity index (χ3n) is 3.43. The number of pyridine rings is 1. The van der Waals surface area contributed by atoms with Crippen LogP contribution < -0.4 is 10.9 Å². The van der Waals surface area contributed by atoms with E-state index in [9.17, 15) is 9.59 Å². The van der Waals surface area contributed by atoms with Crippen LogP contribution in [-0.2, 0) is 6.54 Å². The Morgan fingerprint density at radius 2 is 1.96 bits per heavy atom. The number of aromatic amines is 1. The zero-order chi connectivity index (χ0) is 17.8. The lowest BCUT2D eigenvalue weighted by Crippen LogP contribution is -2.30. The normalized spacial score (nSPS) is 10.5. The second-order valence-electron chi connectivity index (χ2n) is 5.13. The predicted octanol–water partition coefficient (Wildman–Crippen LogP) is 3.07. The predicted molar refractivity (Wildman–Crippen MR) is 95.7 cm³/mol. The first-order chi connectivity index (χ1) is 12.0. The average Bonchev–Trinajstić information content (AvgIpc) is 2.62. The Bertz CT molecular complexity index is 974. The van der Waals surface area contributed by atoms with E-state index in [0.717, 1.165) is 0 Å². The van der Waals surface area contributed by atoms with Gasteiger partial charge >= 0.3 is 0 Å². The van der Waals surface area contributed by atoms with Gasteiger partial charge in [0.1, 0.15) is 11.3 Å². The number of hydrogen-bond donors (Lipinski definition) is 2. The summed E-state index contributed by atoms with van der Waals surface area (Å²) in [4.78, 5) is 28.4. The molecule has 0 bridgehead atoms. The van der Waals surface area contributed by atoms with Crippen LogP contribution in [0, 0.1) is 0 Å². The van der Waals surface area contributed by atoms with E-state index in [1.54, 1.807) is 42.6 Å². The molecule has 0 aliphatic rings. The highest BCUT2D eigenvalue weighted by Gasteiger charge is 2.14. The monoisotopic (exact) mass is 374 g/mol. The van der Waals surface area contributed by atoms with Crippen LogP contribution in [0.5, 0.6) is 0 Å². The summed E-state index contributed by atoms with van der Waals surface area (Å²) < 4.78 is 0. The molecule has 0 atom stereocenters. The van der Waals surface area contributed by atoms with Crippen molar-refractivity contribution < 1.29 is 4.79 Å². The Kier molecular flexibility index (Phi) is 5.11. The zero-order valence-corrected chi connectivity index (χ0v) is 14.3. The largest absolute Gasteiger partial charge is 0.348 e. The van der Waals surface area contributed by atoms with Gasteiger partial charge in [0.15, 0.2) is 0 Å². The lowest BCUT2D eigenvalue weighted by atomic mass is 10.2. The van der Waals surface area contributed by atoms with Crippen molar-refractivity contribution in [2.24, 2.45) is 0 Å². The lowest BCUT2D eigenvalue weighted by molar-refractivity contribution is 0.0949. The van der Waals surface area contributed by atoms with Crippen LogP contribution in [0.15, 0.2) is 53.5 Å².